The minimum absolute atomic E-state index is 0.573. The molecule has 2 aromatic rings. The number of unbranched alkanes of at least 4 members (excludes halogenated alkanes) is 9. The summed E-state index contributed by atoms with van der Waals surface area (Å²) in [6.45, 7) is 14.9. The zero-order chi connectivity index (χ0) is 23.9. The quantitative estimate of drug-likeness (QED) is 0.217. The highest BCUT2D eigenvalue weighted by molar-refractivity contribution is 5.31. The topological polar surface area (TPSA) is 3.24 Å². The minimum Gasteiger partial charge on any atom is -0.295 e. The molecule has 0 radical (unpaired) electrons. The van der Waals surface area contributed by atoms with Gasteiger partial charge in [-0.05, 0) is 47.1 Å². The molecule has 0 aliphatic rings. The van der Waals surface area contributed by atoms with Crippen LogP contribution in [0.1, 0.15) is 133 Å². The normalized spacial score (nSPS) is 11.8. The molecule has 0 aliphatic heterocycles. The van der Waals surface area contributed by atoms with Crippen LogP contribution in [-0.2, 0) is 13.1 Å². The Kier molecular flexibility index (Phi) is 13.5. The maximum Gasteiger partial charge on any atom is 0.0240 e. The van der Waals surface area contributed by atoms with Gasteiger partial charge in [0.2, 0.25) is 0 Å². The molecule has 0 heterocycles. The van der Waals surface area contributed by atoms with Crippen molar-refractivity contribution in [3.05, 3.63) is 70.8 Å². The van der Waals surface area contributed by atoms with Crippen molar-refractivity contribution in [2.75, 3.05) is 6.54 Å². The summed E-state index contributed by atoms with van der Waals surface area (Å²) in [4.78, 5) is 2.70. The van der Waals surface area contributed by atoms with Crippen LogP contribution in [0.5, 0.6) is 0 Å². The van der Waals surface area contributed by atoms with Gasteiger partial charge in [-0.25, -0.2) is 0 Å². The third kappa shape index (κ3) is 10.5. The Balaban J connectivity index is 1.93. The smallest absolute Gasteiger partial charge is 0.0240 e. The molecule has 184 valence electrons. The molecule has 33 heavy (non-hydrogen) atoms. The molecule has 0 fully saturated rings. The van der Waals surface area contributed by atoms with E-state index in [1.807, 2.05) is 0 Å². The van der Waals surface area contributed by atoms with Gasteiger partial charge in [-0.15, -0.1) is 0 Å². The van der Waals surface area contributed by atoms with E-state index in [0.717, 1.165) is 13.1 Å². The van der Waals surface area contributed by atoms with E-state index in [1.54, 1.807) is 0 Å². The van der Waals surface area contributed by atoms with Crippen molar-refractivity contribution in [3.63, 3.8) is 0 Å². The molecule has 0 saturated heterocycles. The van der Waals surface area contributed by atoms with Gasteiger partial charge in [-0.1, -0.05) is 141 Å². The average molecular weight is 450 g/mol. The van der Waals surface area contributed by atoms with Crippen molar-refractivity contribution in [2.45, 2.75) is 124 Å². The summed E-state index contributed by atoms with van der Waals surface area (Å²) in [6, 6.07) is 18.1. The van der Waals surface area contributed by atoms with Crippen molar-refractivity contribution in [1.29, 1.82) is 0 Å². The first-order chi connectivity index (χ1) is 16.0. The second kappa shape index (κ2) is 16.1. The Morgan fingerprint density at radius 2 is 0.939 bits per heavy atom. The van der Waals surface area contributed by atoms with Gasteiger partial charge in [0, 0.05) is 13.1 Å². The maximum atomic E-state index is 2.70. The first-order valence-corrected chi connectivity index (χ1v) is 13.9. The summed E-state index contributed by atoms with van der Waals surface area (Å²) < 4.78 is 0. The first-order valence-electron chi connectivity index (χ1n) is 13.9. The highest BCUT2D eigenvalue weighted by atomic mass is 15.1. The number of hydrogen-bond acceptors (Lipinski definition) is 1. The van der Waals surface area contributed by atoms with Gasteiger partial charge in [0.05, 0.1) is 0 Å². The number of benzene rings is 2. The molecule has 0 N–H and O–H groups in total. The van der Waals surface area contributed by atoms with E-state index in [0.29, 0.717) is 11.8 Å². The largest absolute Gasteiger partial charge is 0.295 e. The molecule has 0 amide bonds. The van der Waals surface area contributed by atoms with Gasteiger partial charge in [-0.3, -0.25) is 4.90 Å². The SMILES string of the molecule is CCCCCCCCCCCCN(Cc1ccccc1C(C)C)Cc1ccccc1C(C)C. The molecule has 0 aromatic heterocycles. The highest BCUT2D eigenvalue weighted by Crippen LogP contribution is 2.25. The molecule has 0 bridgehead atoms. The lowest BCUT2D eigenvalue weighted by atomic mass is 9.95. The number of rotatable bonds is 17. The van der Waals surface area contributed by atoms with Gasteiger partial charge in [0.25, 0.3) is 0 Å². The van der Waals surface area contributed by atoms with Gasteiger partial charge in [-0.2, -0.15) is 0 Å². The fraction of sp³-hybridized carbons (Fsp3) is 0.625. The summed E-state index contributed by atoms with van der Waals surface area (Å²) in [6.07, 6.45) is 14.0. The maximum absolute atomic E-state index is 2.70. The summed E-state index contributed by atoms with van der Waals surface area (Å²) in [5, 5.41) is 0. The predicted molar refractivity (Wildman–Crippen MR) is 147 cm³/mol. The molecule has 0 aliphatic carbocycles. The molecule has 0 atom stereocenters. The van der Waals surface area contributed by atoms with E-state index >= 15 is 0 Å². The summed E-state index contributed by atoms with van der Waals surface area (Å²) >= 11 is 0. The Hall–Kier alpha value is -1.60. The van der Waals surface area contributed by atoms with Crippen LogP contribution in [0.15, 0.2) is 48.5 Å². The van der Waals surface area contributed by atoms with Gasteiger partial charge in [0.1, 0.15) is 0 Å². The standard InChI is InChI=1S/C32H51N/c1-6-7-8-9-10-11-12-13-14-19-24-33(25-29-20-15-17-22-31(29)27(2)3)26-30-21-16-18-23-32(30)28(4)5/h15-18,20-23,27-28H,6-14,19,24-26H2,1-5H3. The summed E-state index contributed by atoms with van der Waals surface area (Å²) in [5.41, 5.74) is 6.01. The van der Waals surface area contributed by atoms with Crippen molar-refractivity contribution in [3.8, 4) is 0 Å². The molecule has 0 saturated carbocycles. The Morgan fingerprint density at radius 3 is 1.36 bits per heavy atom. The second-order valence-corrected chi connectivity index (χ2v) is 10.6. The molecular weight excluding hydrogens is 398 g/mol. The van der Waals surface area contributed by atoms with E-state index in [4.69, 9.17) is 0 Å². The van der Waals surface area contributed by atoms with Crippen LogP contribution in [0.3, 0.4) is 0 Å². The van der Waals surface area contributed by atoms with Crippen molar-refractivity contribution in [1.82, 2.24) is 4.90 Å². The zero-order valence-electron chi connectivity index (χ0n) is 22.4. The van der Waals surface area contributed by atoms with Gasteiger partial charge in [0.15, 0.2) is 0 Å². The van der Waals surface area contributed by atoms with Crippen molar-refractivity contribution in [2.24, 2.45) is 0 Å². The Bertz CT molecular complexity index is 707. The zero-order valence-corrected chi connectivity index (χ0v) is 22.4. The van der Waals surface area contributed by atoms with E-state index in [1.165, 1.54) is 93.0 Å². The van der Waals surface area contributed by atoms with Crippen LogP contribution in [-0.4, -0.2) is 11.4 Å². The van der Waals surface area contributed by atoms with Gasteiger partial charge < -0.3 is 0 Å². The van der Waals surface area contributed by atoms with Crippen LogP contribution in [0, 0.1) is 0 Å². The van der Waals surface area contributed by atoms with Crippen LogP contribution >= 0.6 is 0 Å². The predicted octanol–water partition coefficient (Wildman–Crippen LogP) is 9.86. The number of hydrogen-bond donors (Lipinski definition) is 0. The van der Waals surface area contributed by atoms with E-state index in [-0.39, 0.29) is 0 Å². The molecule has 2 aromatic carbocycles. The molecule has 0 unspecified atom stereocenters. The average Bonchev–Trinajstić information content (AvgIpc) is 2.80. The van der Waals surface area contributed by atoms with E-state index in [9.17, 15) is 0 Å². The molecule has 1 heteroatoms. The molecule has 1 nitrogen and oxygen atoms in total. The first kappa shape index (κ1) is 27.6. The second-order valence-electron chi connectivity index (χ2n) is 10.6. The van der Waals surface area contributed by atoms with Crippen LogP contribution < -0.4 is 0 Å². The fourth-order valence-electron chi connectivity index (χ4n) is 5.00. The summed E-state index contributed by atoms with van der Waals surface area (Å²) in [7, 11) is 0. The lowest BCUT2D eigenvalue weighted by molar-refractivity contribution is 0.248. The molecule has 2 rings (SSSR count). The fourth-order valence-corrected chi connectivity index (χ4v) is 5.00. The Morgan fingerprint density at radius 1 is 0.545 bits per heavy atom. The third-order valence-corrected chi connectivity index (χ3v) is 6.97. The summed E-state index contributed by atoms with van der Waals surface area (Å²) in [5.74, 6) is 1.15. The van der Waals surface area contributed by atoms with Crippen molar-refractivity contribution < 1.29 is 0 Å². The van der Waals surface area contributed by atoms with Gasteiger partial charge >= 0.3 is 0 Å². The molecule has 0 spiro atoms. The lowest BCUT2D eigenvalue weighted by Crippen LogP contribution is -2.25. The van der Waals surface area contributed by atoms with Crippen LogP contribution in [0.4, 0.5) is 0 Å². The third-order valence-electron chi connectivity index (χ3n) is 6.97. The van der Waals surface area contributed by atoms with E-state index < -0.39 is 0 Å². The molecular formula is C32H51N. The monoisotopic (exact) mass is 449 g/mol. The van der Waals surface area contributed by atoms with Crippen LogP contribution in [0.2, 0.25) is 0 Å². The number of nitrogens with zero attached hydrogens (tertiary/aromatic N) is 1. The van der Waals surface area contributed by atoms with Crippen LogP contribution in [0.25, 0.3) is 0 Å². The van der Waals surface area contributed by atoms with Crippen molar-refractivity contribution >= 4 is 0 Å². The minimum atomic E-state index is 0.573. The lowest BCUT2D eigenvalue weighted by Gasteiger charge is -2.26. The highest BCUT2D eigenvalue weighted by Gasteiger charge is 2.14. The van der Waals surface area contributed by atoms with E-state index in [2.05, 4.69) is 88.0 Å². The Labute approximate surface area is 206 Å².